The molecule has 0 aromatic heterocycles. The average Bonchev–Trinajstić information content (AvgIpc) is 2.62. The minimum Gasteiger partial charge on any atom is -0.396 e. The molecule has 1 amide bonds. The van der Waals surface area contributed by atoms with Gasteiger partial charge < -0.3 is 10.4 Å². The molecule has 3 rings (SSSR count). The highest BCUT2D eigenvalue weighted by atomic mass is 28.3. The number of hydrogen-bond donors (Lipinski definition) is 2. The van der Waals surface area contributed by atoms with Gasteiger partial charge in [0.25, 0.3) is 0 Å². The number of rotatable bonds is 3. The lowest BCUT2D eigenvalue weighted by molar-refractivity contribution is -0.120. The van der Waals surface area contributed by atoms with Crippen LogP contribution in [0.25, 0.3) is 0 Å². The second-order valence-corrected chi connectivity index (χ2v) is 8.71. The summed E-state index contributed by atoms with van der Waals surface area (Å²) in [4.78, 5) is 11.3. The second kappa shape index (κ2) is 3.07. The second-order valence-electron chi connectivity index (χ2n) is 4.32. The van der Waals surface area contributed by atoms with Crippen molar-refractivity contribution in [2.45, 2.75) is 25.9 Å². The lowest BCUT2D eigenvalue weighted by Crippen LogP contribution is -2.45. The lowest BCUT2D eigenvalue weighted by atomic mass is 10.3. The zero-order valence-corrected chi connectivity index (χ0v) is 9.55. The van der Waals surface area contributed by atoms with E-state index in [4.69, 9.17) is 5.11 Å². The van der Waals surface area contributed by atoms with Crippen LogP contribution >= 0.6 is 0 Å². The van der Waals surface area contributed by atoms with E-state index in [1.165, 1.54) is 10.4 Å². The minimum absolute atomic E-state index is 0.0719. The third-order valence-electron chi connectivity index (χ3n) is 3.11. The maximum Gasteiger partial charge on any atom is 0.226 e. The molecule has 0 aromatic carbocycles. The van der Waals surface area contributed by atoms with Gasteiger partial charge in [-0.2, -0.15) is 0 Å². The molecule has 0 atom stereocenters. The highest BCUT2D eigenvalue weighted by molar-refractivity contribution is 6.96. The Morgan fingerprint density at radius 1 is 1.64 bits per heavy atom. The molecule has 0 spiro atoms. The van der Waals surface area contributed by atoms with Gasteiger partial charge in [-0.3, -0.25) is 4.79 Å². The van der Waals surface area contributed by atoms with Gasteiger partial charge in [0.2, 0.25) is 5.91 Å². The predicted octanol–water partition coefficient (Wildman–Crippen LogP) is 0.870. The highest BCUT2D eigenvalue weighted by Gasteiger charge is 2.47. The van der Waals surface area contributed by atoms with Gasteiger partial charge in [0.05, 0.1) is 13.0 Å². The third-order valence-corrected chi connectivity index (χ3v) is 6.88. The number of aliphatic hydroxyl groups excluding tert-OH is 1. The van der Waals surface area contributed by atoms with E-state index in [0.717, 1.165) is 12.1 Å². The van der Waals surface area contributed by atoms with Crippen LogP contribution in [0.2, 0.25) is 13.1 Å². The Morgan fingerprint density at radius 2 is 2.36 bits per heavy atom. The fourth-order valence-electron chi connectivity index (χ4n) is 2.25. The Balaban J connectivity index is 2.07. The molecular formula is C10H15NO2Si. The Morgan fingerprint density at radius 3 is 2.79 bits per heavy atom. The third kappa shape index (κ3) is 1.18. The Bertz CT molecular complexity index is 355. The molecule has 0 fully saturated rings. The lowest BCUT2D eigenvalue weighted by Gasteiger charge is -2.36. The van der Waals surface area contributed by atoms with Crippen LogP contribution in [0.4, 0.5) is 0 Å². The molecule has 76 valence electrons. The summed E-state index contributed by atoms with van der Waals surface area (Å²) >= 11 is 0. The van der Waals surface area contributed by atoms with Crippen molar-refractivity contribution in [3.05, 3.63) is 22.2 Å². The maximum atomic E-state index is 11.3. The van der Waals surface area contributed by atoms with Gasteiger partial charge in [0.1, 0.15) is 8.07 Å². The number of fused-ring (bicyclic) bond motifs is 1. The fraction of sp³-hybridized carbons (Fsp3) is 0.500. The zero-order valence-electron chi connectivity index (χ0n) is 8.55. The number of aliphatic hydroxyl groups is 1. The van der Waals surface area contributed by atoms with Crippen LogP contribution in [-0.4, -0.2) is 25.7 Å². The molecule has 2 heterocycles. The van der Waals surface area contributed by atoms with Gasteiger partial charge in [-0.15, -0.1) is 0 Å². The number of carbonyl (C=O) groups excluding carboxylic acids is 1. The van der Waals surface area contributed by atoms with Crippen molar-refractivity contribution in [2.24, 2.45) is 0 Å². The van der Waals surface area contributed by atoms with E-state index in [0.29, 0.717) is 0 Å². The smallest absolute Gasteiger partial charge is 0.226 e. The largest absolute Gasteiger partial charge is 0.396 e. The number of hydrogen-bond acceptors (Lipinski definition) is 2. The van der Waals surface area contributed by atoms with Crippen molar-refractivity contribution >= 4 is 14.0 Å². The molecule has 2 bridgehead atoms. The summed E-state index contributed by atoms with van der Waals surface area (Å²) in [6.45, 7) is 4.54. The van der Waals surface area contributed by atoms with Crippen molar-refractivity contribution < 1.29 is 9.90 Å². The number of amides is 1. The fourth-order valence-corrected chi connectivity index (χ4v) is 5.28. The van der Waals surface area contributed by atoms with E-state index < -0.39 is 8.07 Å². The van der Waals surface area contributed by atoms with Gasteiger partial charge >= 0.3 is 0 Å². The summed E-state index contributed by atoms with van der Waals surface area (Å²) in [5, 5.41) is 14.3. The monoisotopic (exact) mass is 209 g/mol. The van der Waals surface area contributed by atoms with E-state index in [1.807, 2.05) is 0 Å². The highest BCUT2D eigenvalue weighted by Crippen LogP contribution is 2.48. The first-order valence-corrected chi connectivity index (χ1v) is 7.92. The van der Waals surface area contributed by atoms with Crippen LogP contribution in [0.5, 0.6) is 0 Å². The SMILES string of the molecule is C[Si]1(C)C2=CCC1=C2NC(=O)CCO. The van der Waals surface area contributed by atoms with Crippen molar-refractivity contribution in [1.82, 2.24) is 5.32 Å². The van der Waals surface area contributed by atoms with Gasteiger partial charge in [-0.05, 0) is 16.8 Å². The van der Waals surface area contributed by atoms with Crippen LogP contribution in [0.3, 0.4) is 0 Å². The first-order chi connectivity index (χ1) is 6.57. The summed E-state index contributed by atoms with van der Waals surface area (Å²) in [5.41, 5.74) is 1.07. The molecule has 2 N–H and O–H groups in total. The molecule has 3 aliphatic rings. The molecule has 0 radical (unpaired) electrons. The quantitative estimate of drug-likeness (QED) is 0.678. The zero-order chi connectivity index (χ0) is 10.3. The number of nitrogens with one attached hydrogen (secondary N) is 1. The van der Waals surface area contributed by atoms with Gasteiger partial charge in [0.15, 0.2) is 0 Å². The topological polar surface area (TPSA) is 49.3 Å². The Hall–Kier alpha value is -0.873. The van der Waals surface area contributed by atoms with Crippen molar-refractivity contribution in [1.29, 1.82) is 0 Å². The van der Waals surface area contributed by atoms with Crippen LogP contribution < -0.4 is 5.32 Å². The van der Waals surface area contributed by atoms with E-state index in [1.54, 1.807) is 0 Å². The van der Waals surface area contributed by atoms with Gasteiger partial charge in [-0.25, -0.2) is 0 Å². The molecule has 2 aliphatic heterocycles. The van der Waals surface area contributed by atoms with E-state index in [-0.39, 0.29) is 18.9 Å². The summed E-state index contributed by atoms with van der Waals surface area (Å²) in [7, 11) is -1.24. The standard InChI is InChI=1S/C10H15NO2Si/c1-14(2)7-3-4-8(14)10(7)11-9(13)5-6-12/h3,12H,4-6H2,1-2H3,(H,11,13). The van der Waals surface area contributed by atoms with E-state index in [2.05, 4.69) is 24.5 Å². The maximum absolute atomic E-state index is 11.3. The Kier molecular flexibility index (Phi) is 2.12. The van der Waals surface area contributed by atoms with Gasteiger partial charge in [-0.1, -0.05) is 19.2 Å². The molecule has 0 saturated heterocycles. The predicted molar refractivity (Wildman–Crippen MR) is 57.1 cm³/mol. The molecule has 0 unspecified atom stereocenters. The average molecular weight is 209 g/mol. The molecule has 0 saturated carbocycles. The molecule has 1 aliphatic carbocycles. The van der Waals surface area contributed by atoms with Crippen molar-refractivity contribution in [3.8, 4) is 0 Å². The van der Waals surface area contributed by atoms with Crippen LogP contribution in [-0.2, 0) is 4.79 Å². The first kappa shape index (κ1) is 9.67. The van der Waals surface area contributed by atoms with Crippen LogP contribution in [0, 0.1) is 0 Å². The van der Waals surface area contributed by atoms with Crippen molar-refractivity contribution in [2.75, 3.05) is 6.61 Å². The summed E-state index contributed by atoms with van der Waals surface area (Å²) in [5.74, 6) is -0.0719. The molecule has 14 heavy (non-hydrogen) atoms. The number of carbonyl (C=O) groups is 1. The Labute approximate surface area is 84.5 Å². The van der Waals surface area contributed by atoms with Crippen LogP contribution in [0.1, 0.15) is 12.8 Å². The summed E-state index contributed by atoms with van der Waals surface area (Å²) in [6, 6.07) is 0. The molecule has 3 nitrogen and oxygen atoms in total. The molecule has 0 aromatic rings. The van der Waals surface area contributed by atoms with Gasteiger partial charge in [0, 0.05) is 5.70 Å². The van der Waals surface area contributed by atoms with Crippen LogP contribution in [0.15, 0.2) is 22.2 Å². The molecular weight excluding hydrogens is 194 g/mol. The normalized spacial score (nSPS) is 21.8. The number of allylic oxidation sites excluding steroid dienone is 3. The minimum atomic E-state index is -1.24. The summed E-state index contributed by atoms with van der Waals surface area (Å²) < 4.78 is 0. The first-order valence-electron chi connectivity index (χ1n) is 4.92. The van der Waals surface area contributed by atoms with Crippen molar-refractivity contribution in [3.63, 3.8) is 0 Å². The van der Waals surface area contributed by atoms with E-state index >= 15 is 0 Å². The molecule has 4 heteroatoms. The summed E-state index contributed by atoms with van der Waals surface area (Å²) in [6.07, 6.45) is 3.46. The van der Waals surface area contributed by atoms with E-state index in [9.17, 15) is 4.79 Å².